The van der Waals surface area contributed by atoms with Crippen LogP contribution in [0.1, 0.15) is 24.5 Å². The Bertz CT molecular complexity index is 870. The molecule has 2 aromatic carbocycles. The molecule has 2 aromatic rings. The van der Waals surface area contributed by atoms with Gasteiger partial charge in [0.1, 0.15) is 17.5 Å². The standard InChI is InChI=1S/C21H24F2N4O/c1-13(24)20(15-5-9-17(23)10-6-15)21(26-2)27-19(28)12-18(25)11-14-3-7-16(22)8-4-14/h3-10,18H,11-12,24-25H2,1-2H3,(H,26,27,28)/t18-/m1/s1. The first-order valence-electron chi connectivity index (χ1n) is 8.79. The largest absolute Gasteiger partial charge is 0.402 e. The van der Waals surface area contributed by atoms with Gasteiger partial charge in [0, 0.05) is 30.8 Å². The van der Waals surface area contributed by atoms with E-state index in [1.807, 2.05) is 0 Å². The minimum absolute atomic E-state index is 0.0523. The molecule has 0 radical (unpaired) electrons. The Labute approximate surface area is 163 Å². The first kappa shape index (κ1) is 21.2. The molecule has 0 unspecified atom stereocenters. The van der Waals surface area contributed by atoms with Crippen LogP contribution in [0.2, 0.25) is 0 Å². The fourth-order valence-electron chi connectivity index (χ4n) is 2.81. The minimum Gasteiger partial charge on any atom is -0.402 e. The Morgan fingerprint density at radius 1 is 1.07 bits per heavy atom. The van der Waals surface area contributed by atoms with Crippen molar-refractivity contribution in [3.05, 3.63) is 77.0 Å². The molecule has 2 rings (SSSR count). The molecule has 7 heteroatoms. The summed E-state index contributed by atoms with van der Waals surface area (Å²) in [6, 6.07) is 11.3. The van der Waals surface area contributed by atoms with E-state index >= 15 is 0 Å². The highest BCUT2D eigenvalue weighted by atomic mass is 19.1. The maximum atomic E-state index is 13.2. The van der Waals surface area contributed by atoms with Crippen LogP contribution in [0, 0.1) is 11.6 Å². The van der Waals surface area contributed by atoms with Crippen LogP contribution in [0.25, 0.3) is 5.57 Å². The SMILES string of the molecule is CN=C(NC(=O)C[C@H](N)Cc1ccc(F)cc1)C(=C(C)N)c1ccc(F)cc1. The van der Waals surface area contributed by atoms with E-state index in [-0.39, 0.29) is 29.8 Å². The van der Waals surface area contributed by atoms with Crippen LogP contribution in [-0.4, -0.2) is 24.8 Å². The zero-order valence-electron chi connectivity index (χ0n) is 15.9. The number of amides is 1. The van der Waals surface area contributed by atoms with Crippen molar-refractivity contribution in [1.82, 2.24) is 5.32 Å². The molecular formula is C21H24F2N4O. The quantitative estimate of drug-likeness (QED) is 0.526. The summed E-state index contributed by atoms with van der Waals surface area (Å²) in [6.45, 7) is 1.68. The van der Waals surface area contributed by atoms with Gasteiger partial charge in [-0.1, -0.05) is 24.3 Å². The molecule has 1 atom stereocenters. The number of hydrogen-bond acceptors (Lipinski definition) is 4. The molecule has 0 aliphatic carbocycles. The second kappa shape index (κ2) is 9.75. The number of aliphatic imine (C=N–C) groups is 1. The number of rotatable bonds is 6. The van der Waals surface area contributed by atoms with Gasteiger partial charge in [0.15, 0.2) is 0 Å². The number of nitrogens with zero attached hydrogens (tertiary/aromatic N) is 1. The predicted octanol–water partition coefficient (Wildman–Crippen LogP) is 2.76. The number of carbonyl (C=O) groups is 1. The molecule has 0 saturated carbocycles. The Hall–Kier alpha value is -3.06. The molecular weight excluding hydrogens is 362 g/mol. The van der Waals surface area contributed by atoms with E-state index in [1.165, 1.54) is 31.3 Å². The van der Waals surface area contributed by atoms with E-state index < -0.39 is 6.04 Å². The monoisotopic (exact) mass is 386 g/mol. The zero-order chi connectivity index (χ0) is 20.7. The number of benzene rings is 2. The normalized spacial score (nSPS) is 13.7. The van der Waals surface area contributed by atoms with E-state index in [9.17, 15) is 13.6 Å². The average Bonchev–Trinajstić information content (AvgIpc) is 2.64. The first-order chi connectivity index (χ1) is 13.3. The summed E-state index contributed by atoms with van der Waals surface area (Å²) in [7, 11) is 1.53. The summed E-state index contributed by atoms with van der Waals surface area (Å²) in [5.74, 6) is -0.735. The second-order valence-electron chi connectivity index (χ2n) is 6.48. The molecule has 0 aliphatic rings. The van der Waals surface area contributed by atoms with Crippen molar-refractivity contribution in [2.45, 2.75) is 25.8 Å². The fourth-order valence-corrected chi connectivity index (χ4v) is 2.81. The van der Waals surface area contributed by atoms with Crippen LogP contribution in [0.15, 0.2) is 59.2 Å². The molecule has 0 heterocycles. The molecule has 0 saturated heterocycles. The van der Waals surface area contributed by atoms with Gasteiger partial charge in [-0.05, 0) is 48.7 Å². The van der Waals surface area contributed by atoms with E-state index in [1.54, 1.807) is 31.2 Å². The van der Waals surface area contributed by atoms with E-state index in [4.69, 9.17) is 11.5 Å². The summed E-state index contributed by atoms with van der Waals surface area (Å²) >= 11 is 0. The molecule has 0 spiro atoms. The van der Waals surface area contributed by atoms with E-state index in [0.717, 1.165) is 5.56 Å². The summed E-state index contributed by atoms with van der Waals surface area (Å²) in [6.07, 6.45) is 0.486. The maximum Gasteiger partial charge on any atom is 0.227 e. The van der Waals surface area contributed by atoms with Crippen LogP contribution in [-0.2, 0) is 11.2 Å². The van der Waals surface area contributed by atoms with Gasteiger partial charge in [0.05, 0.1) is 0 Å². The Morgan fingerprint density at radius 2 is 1.61 bits per heavy atom. The first-order valence-corrected chi connectivity index (χ1v) is 8.79. The molecule has 0 fully saturated rings. The number of nitrogens with two attached hydrogens (primary N) is 2. The van der Waals surface area contributed by atoms with Crippen molar-refractivity contribution in [2.24, 2.45) is 16.5 Å². The third-order valence-corrected chi connectivity index (χ3v) is 4.10. The van der Waals surface area contributed by atoms with E-state index in [2.05, 4.69) is 10.3 Å². The molecule has 0 bridgehead atoms. The number of carbonyl (C=O) groups excluding carboxylic acids is 1. The van der Waals surface area contributed by atoms with Crippen molar-refractivity contribution in [3.63, 3.8) is 0 Å². The lowest BCUT2D eigenvalue weighted by Crippen LogP contribution is -2.37. The third kappa shape index (κ3) is 5.99. The minimum atomic E-state index is -0.444. The van der Waals surface area contributed by atoms with Gasteiger partial charge in [0.25, 0.3) is 0 Å². The summed E-state index contributed by atoms with van der Waals surface area (Å²) in [5.41, 5.74) is 14.5. The Morgan fingerprint density at radius 3 is 2.11 bits per heavy atom. The topological polar surface area (TPSA) is 93.5 Å². The smallest absolute Gasteiger partial charge is 0.227 e. The number of halogens is 2. The molecule has 5 nitrogen and oxygen atoms in total. The van der Waals surface area contributed by atoms with E-state index in [0.29, 0.717) is 23.3 Å². The lowest BCUT2D eigenvalue weighted by atomic mass is 10.0. The Kier molecular flexibility index (Phi) is 7.40. The van der Waals surface area contributed by atoms with Crippen molar-refractivity contribution >= 4 is 17.3 Å². The summed E-state index contributed by atoms with van der Waals surface area (Å²) in [4.78, 5) is 16.5. The fraction of sp³-hybridized carbons (Fsp3) is 0.238. The van der Waals surface area contributed by atoms with Gasteiger partial charge >= 0.3 is 0 Å². The molecule has 148 valence electrons. The molecule has 1 amide bonds. The van der Waals surface area contributed by atoms with Crippen LogP contribution >= 0.6 is 0 Å². The van der Waals surface area contributed by atoms with Gasteiger partial charge in [-0.2, -0.15) is 0 Å². The van der Waals surface area contributed by atoms with Crippen molar-refractivity contribution in [1.29, 1.82) is 0 Å². The lowest BCUT2D eigenvalue weighted by Gasteiger charge is -2.16. The molecule has 0 aliphatic heterocycles. The Balaban J connectivity index is 2.06. The van der Waals surface area contributed by atoms with Crippen LogP contribution in [0.5, 0.6) is 0 Å². The van der Waals surface area contributed by atoms with Crippen molar-refractivity contribution in [2.75, 3.05) is 7.05 Å². The highest BCUT2D eigenvalue weighted by molar-refractivity contribution is 6.27. The molecule has 28 heavy (non-hydrogen) atoms. The molecule has 5 N–H and O–H groups in total. The number of amidine groups is 1. The molecule has 0 aromatic heterocycles. The van der Waals surface area contributed by atoms with Crippen LogP contribution in [0.3, 0.4) is 0 Å². The summed E-state index contributed by atoms with van der Waals surface area (Å²) < 4.78 is 26.2. The van der Waals surface area contributed by atoms with Crippen LogP contribution < -0.4 is 16.8 Å². The summed E-state index contributed by atoms with van der Waals surface area (Å²) in [5, 5.41) is 2.73. The van der Waals surface area contributed by atoms with Crippen molar-refractivity contribution in [3.8, 4) is 0 Å². The number of allylic oxidation sites excluding steroid dienone is 1. The maximum absolute atomic E-state index is 13.2. The van der Waals surface area contributed by atoms with Gasteiger partial charge in [-0.25, -0.2) is 8.78 Å². The number of hydrogen-bond donors (Lipinski definition) is 3. The lowest BCUT2D eigenvalue weighted by molar-refractivity contribution is -0.119. The van der Waals surface area contributed by atoms with Crippen molar-refractivity contribution < 1.29 is 13.6 Å². The highest BCUT2D eigenvalue weighted by Crippen LogP contribution is 2.18. The average molecular weight is 386 g/mol. The highest BCUT2D eigenvalue weighted by Gasteiger charge is 2.17. The van der Waals surface area contributed by atoms with Gasteiger partial charge in [-0.15, -0.1) is 0 Å². The second-order valence-corrected chi connectivity index (χ2v) is 6.48. The van der Waals surface area contributed by atoms with Gasteiger partial charge in [0.2, 0.25) is 5.91 Å². The third-order valence-electron chi connectivity index (χ3n) is 4.10. The van der Waals surface area contributed by atoms with Crippen LogP contribution in [0.4, 0.5) is 8.78 Å². The van der Waals surface area contributed by atoms with Gasteiger partial charge in [-0.3, -0.25) is 9.79 Å². The zero-order valence-corrected chi connectivity index (χ0v) is 15.9. The number of nitrogens with one attached hydrogen (secondary N) is 1. The predicted molar refractivity (Wildman–Crippen MR) is 107 cm³/mol. The van der Waals surface area contributed by atoms with Gasteiger partial charge < -0.3 is 16.8 Å².